The number of aromatic nitrogens is 2. The molecule has 0 aliphatic carbocycles. The highest BCUT2D eigenvalue weighted by atomic mass is 79.9. The first-order valence-corrected chi connectivity index (χ1v) is 5.60. The Morgan fingerprint density at radius 1 is 1.41 bits per heavy atom. The summed E-state index contributed by atoms with van der Waals surface area (Å²) in [5, 5.41) is 3.95. The van der Waals surface area contributed by atoms with Gasteiger partial charge in [-0.25, -0.2) is 4.39 Å². The standard InChI is InChI=1S/C11H9BrF2N2O/c1-16-5-7(4-15-16)6-17-10-3-8(12)2-9(13)11(10)14/h2-5H,6H2,1H3. The van der Waals surface area contributed by atoms with Crippen LogP contribution in [0.25, 0.3) is 0 Å². The second kappa shape index (κ2) is 4.83. The minimum absolute atomic E-state index is 0.124. The predicted molar refractivity (Wildman–Crippen MR) is 61.6 cm³/mol. The Labute approximate surface area is 105 Å². The SMILES string of the molecule is Cn1cc(COc2cc(Br)cc(F)c2F)cn1. The number of ether oxygens (including phenoxy) is 1. The van der Waals surface area contributed by atoms with Crippen molar-refractivity contribution in [1.29, 1.82) is 0 Å². The molecule has 1 aromatic heterocycles. The van der Waals surface area contributed by atoms with Crippen LogP contribution >= 0.6 is 15.9 Å². The maximum Gasteiger partial charge on any atom is 0.200 e. The molecule has 0 aliphatic rings. The lowest BCUT2D eigenvalue weighted by Crippen LogP contribution is -1.98. The summed E-state index contributed by atoms with van der Waals surface area (Å²) in [4.78, 5) is 0. The molecule has 0 amide bonds. The smallest absolute Gasteiger partial charge is 0.200 e. The summed E-state index contributed by atoms with van der Waals surface area (Å²) in [6.07, 6.45) is 3.35. The number of benzene rings is 1. The van der Waals surface area contributed by atoms with Crippen LogP contribution < -0.4 is 4.74 Å². The van der Waals surface area contributed by atoms with Crippen LogP contribution in [0.2, 0.25) is 0 Å². The highest BCUT2D eigenvalue weighted by Crippen LogP contribution is 2.25. The topological polar surface area (TPSA) is 27.1 Å². The summed E-state index contributed by atoms with van der Waals surface area (Å²) in [5.41, 5.74) is 0.785. The summed E-state index contributed by atoms with van der Waals surface area (Å²) in [6.45, 7) is 0.140. The van der Waals surface area contributed by atoms with Gasteiger partial charge in [0.2, 0.25) is 5.82 Å². The van der Waals surface area contributed by atoms with Gasteiger partial charge in [0, 0.05) is 23.3 Å². The lowest BCUT2D eigenvalue weighted by atomic mass is 10.3. The number of hydrogen-bond donors (Lipinski definition) is 0. The van der Waals surface area contributed by atoms with Gasteiger partial charge in [-0.2, -0.15) is 9.49 Å². The van der Waals surface area contributed by atoms with Crippen LogP contribution in [0.1, 0.15) is 5.56 Å². The van der Waals surface area contributed by atoms with Gasteiger partial charge < -0.3 is 4.74 Å². The molecule has 6 heteroatoms. The van der Waals surface area contributed by atoms with Crippen LogP contribution in [0.3, 0.4) is 0 Å². The summed E-state index contributed by atoms with van der Waals surface area (Å²) < 4.78 is 33.7. The van der Waals surface area contributed by atoms with Gasteiger partial charge in [0.25, 0.3) is 0 Å². The average Bonchev–Trinajstić information content (AvgIpc) is 2.67. The third kappa shape index (κ3) is 2.82. The molecule has 1 aromatic carbocycles. The molecule has 0 radical (unpaired) electrons. The zero-order chi connectivity index (χ0) is 12.4. The molecule has 0 bridgehead atoms. The van der Waals surface area contributed by atoms with E-state index >= 15 is 0 Å². The normalized spacial score (nSPS) is 10.6. The molecule has 3 nitrogen and oxygen atoms in total. The van der Waals surface area contributed by atoms with Gasteiger partial charge in [-0.05, 0) is 12.1 Å². The number of aryl methyl sites for hydroxylation is 1. The lowest BCUT2D eigenvalue weighted by Gasteiger charge is -2.06. The number of hydrogen-bond acceptors (Lipinski definition) is 2. The first-order chi connectivity index (χ1) is 8.06. The van der Waals surface area contributed by atoms with Gasteiger partial charge in [-0.3, -0.25) is 4.68 Å². The number of halogens is 3. The van der Waals surface area contributed by atoms with Gasteiger partial charge in [0.15, 0.2) is 11.6 Å². The molecule has 2 aromatic rings. The van der Waals surface area contributed by atoms with Crippen molar-refractivity contribution < 1.29 is 13.5 Å². The van der Waals surface area contributed by atoms with E-state index in [1.54, 1.807) is 24.1 Å². The molecular formula is C11H9BrF2N2O. The molecule has 0 saturated carbocycles. The highest BCUT2D eigenvalue weighted by Gasteiger charge is 2.11. The molecule has 90 valence electrons. The summed E-state index contributed by atoms with van der Waals surface area (Å²) in [5.74, 6) is -2.06. The van der Waals surface area contributed by atoms with Crippen molar-refractivity contribution in [3.8, 4) is 5.75 Å². The molecule has 0 fully saturated rings. The fourth-order valence-corrected chi connectivity index (χ4v) is 1.75. The molecule has 0 atom stereocenters. The third-order valence-electron chi connectivity index (χ3n) is 2.11. The Hall–Kier alpha value is -1.43. The van der Waals surface area contributed by atoms with E-state index in [4.69, 9.17) is 4.74 Å². The van der Waals surface area contributed by atoms with Crippen LogP contribution in [0.15, 0.2) is 29.0 Å². The molecular weight excluding hydrogens is 294 g/mol. The molecule has 0 aliphatic heterocycles. The Kier molecular flexibility index (Phi) is 3.42. The maximum atomic E-state index is 13.3. The predicted octanol–water partition coefficient (Wildman–Crippen LogP) is 3.04. The number of nitrogens with zero attached hydrogens (tertiary/aromatic N) is 2. The van der Waals surface area contributed by atoms with Crippen LogP contribution in [-0.4, -0.2) is 9.78 Å². The van der Waals surface area contributed by atoms with Crippen molar-refractivity contribution in [2.75, 3.05) is 0 Å². The molecule has 2 rings (SSSR count). The highest BCUT2D eigenvalue weighted by molar-refractivity contribution is 9.10. The van der Waals surface area contributed by atoms with Crippen LogP contribution in [0.5, 0.6) is 5.75 Å². The first-order valence-electron chi connectivity index (χ1n) is 4.81. The lowest BCUT2D eigenvalue weighted by molar-refractivity contribution is 0.284. The van der Waals surface area contributed by atoms with Gasteiger partial charge in [0.05, 0.1) is 6.20 Å². The van der Waals surface area contributed by atoms with Crippen LogP contribution in [0.4, 0.5) is 8.78 Å². The summed E-state index contributed by atoms with van der Waals surface area (Å²) in [7, 11) is 1.77. The first kappa shape index (κ1) is 12.0. The molecule has 0 spiro atoms. The van der Waals surface area contributed by atoms with E-state index in [2.05, 4.69) is 21.0 Å². The summed E-state index contributed by atoms with van der Waals surface area (Å²) in [6, 6.07) is 2.43. The van der Waals surface area contributed by atoms with E-state index in [0.717, 1.165) is 11.6 Å². The van der Waals surface area contributed by atoms with E-state index in [0.29, 0.717) is 4.47 Å². The maximum absolute atomic E-state index is 13.3. The van der Waals surface area contributed by atoms with Gasteiger partial charge in [-0.1, -0.05) is 15.9 Å². The second-order valence-corrected chi connectivity index (χ2v) is 4.43. The Balaban J connectivity index is 2.14. The quantitative estimate of drug-likeness (QED) is 0.815. The van der Waals surface area contributed by atoms with E-state index in [9.17, 15) is 8.78 Å². The zero-order valence-corrected chi connectivity index (χ0v) is 10.5. The fourth-order valence-electron chi connectivity index (χ4n) is 1.34. The van der Waals surface area contributed by atoms with E-state index in [1.807, 2.05) is 0 Å². The second-order valence-electron chi connectivity index (χ2n) is 3.51. The molecule has 0 saturated heterocycles. The zero-order valence-electron chi connectivity index (χ0n) is 8.95. The Bertz CT molecular complexity index is 542. The van der Waals surface area contributed by atoms with Crippen LogP contribution in [0, 0.1) is 11.6 Å². The van der Waals surface area contributed by atoms with E-state index in [1.165, 1.54) is 6.07 Å². The van der Waals surface area contributed by atoms with E-state index in [-0.39, 0.29) is 12.4 Å². The van der Waals surface area contributed by atoms with Crippen molar-refractivity contribution in [3.05, 3.63) is 46.2 Å². The largest absolute Gasteiger partial charge is 0.486 e. The molecule has 17 heavy (non-hydrogen) atoms. The van der Waals surface area contributed by atoms with Gasteiger partial charge >= 0.3 is 0 Å². The van der Waals surface area contributed by atoms with Gasteiger partial charge in [-0.15, -0.1) is 0 Å². The monoisotopic (exact) mass is 302 g/mol. The Morgan fingerprint density at radius 3 is 2.82 bits per heavy atom. The van der Waals surface area contributed by atoms with E-state index < -0.39 is 11.6 Å². The van der Waals surface area contributed by atoms with Crippen molar-refractivity contribution in [2.45, 2.75) is 6.61 Å². The average molecular weight is 303 g/mol. The molecule has 1 heterocycles. The van der Waals surface area contributed by atoms with Crippen molar-refractivity contribution in [1.82, 2.24) is 9.78 Å². The third-order valence-corrected chi connectivity index (χ3v) is 2.57. The number of rotatable bonds is 3. The fraction of sp³-hybridized carbons (Fsp3) is 0.182. The molecule has 0 unspecified atom stereocenters. The van der Waals surface area contributed by atoms with Gasteiger partial charge in [0.1, 0.15) is 6.61 Å². The molecule has 0 N–H and O–H groups in total. The minimum Gasteiger partial charge on any atom is -0.486 e. The van der Waals surface area contributed by atoms with Crippen molar-refractivity contribution in [3.63, 3.8) is 0 Å². The van der Waals surface area contributed by atoms with Crippen LogP contribution in [-0.2, 0) is 13.7 Å². The Morgan fingerprint density at radius 2 is 2.18 bits per heavy atom. The summed E-state index contributed by atoms with van der Waals surface area (Å²) >= 11 is 3.07. The van der Waals surface area contributed by atoms with Crippen molar-refractivity contribution in [2.24, 2.45) is 7.05 Å². The van der Waals surface area contributed by atoms with Crippen molar-refractivity contribution >= 4 is 15.9 Å². The minimum atomic E-state index is -0.989.